The van der Waals surface area contributed by atoms with Crippen LogP contribution in [0.15, 0.2) is 24.3 Å². The molecule has 3 aliphatic rings. The molecule has 1 aromatic carbocycles. The monoisotopic (exact) mass is 341 g/mol. The molecule has 3 fully saturated rings. The molecule has 2 saturated carbocycles. The van der Waals surface area contributed by atoms with Crippen molar-refractivity contribution in [1.29, 1.82) is 0 Å². The minimum atomic E-state index is -0.414. The Bertz CT molecular complexity index is 644. The summed E-state index contributed by atoms with van der Waals surface area (Å²) in [6, 6.07) is 9.16. The molecule has 1 aromatic rings. The Morgan fingerprint density at radius 3 is 2.28 bits per heavy atom. The van der Waals surface area contributed by atoms with Crippen molar-refractivity contribution in [2.75, 3.05) is 13.1 Å². The van der Waals surface area contributed by atoms with E-state index in [9.17, 15) is 4.79 Å². The molecule has 0 N–H and O–H groups in total. The average Bonchev–Trinajstić information content (AvgIpc) is 3.46. The lowest BCUT2D eigenvalue weighted by Gasteiger charge is -2.35. The third-order valence-corrected chi connectivity index (χ3v) is 6.23. The molecule has 0 unspecified atom stereocenters. The highest BCUT2D eigenvalue weighted by atomic mass is 16.6. The number of hydrogen-bond acceptors (Lipinski definition) is 2. The van der Waals surface area contributed by atoms with E-state index in [-0.39, 0.29) is 6.09 Å². The maximum atomic E-state index is 12.3. The average molecular weight is 341 g/mol. The van der Waals surface area contributed by atoms with Gasteiger partial charge in [0.15, 0.2) is 0 Å². The zero-order valence-electron chi connectivity index (χ0n) is 15.9. The predicted molar refractivity (Wildman–Crippen MR) is 99.9 cm³/mol. The molecule has 0 bridgehead atoms. The summed E-state index contributed by atoms with van der Waals surface area (Å²) < 4.78 is 5.53. The van der Waals surface area contributed by atoms with Crippen LogP contribution in [0.5, 0.6) is 0 Å². The molecule has 136 valence electrons. The molecular weight excluding hydrogens is 310 g/mol. The van der Waals surface area contributed by atoms with Crippen LogP contribution < -0.4 is 0 Å². The number of hydrogen-bond donors (Lipinski definition) is 0. The van der Waals surface area contributed by atoms with Crippen LogP contribution in [0.25, 0.3) is 0 Å². The summed E-state index contributed by atoms with van der Waals surface area (Å²) in [5.41, 5.74) is 3.30. The minimum absolute atomic E-state index is 0.157. The van der Waals surface area contributed by atoms with Gasteiger partial charge >= 0.3 is 6.09 Å². The molecular formula is C22H31NO2. The first kappa shape index (κ1) is 16.9. The van der Waals surface area contributed by atoms with Crippen molar-refractivity contribution >= 4 is 6.09 Å². The Morgan fingerprint density at radius 2 is 1.72 bits per heavy atom. The van der Waals surface area contributed by atoms with E-state index in [4.69, 9.17) is 4.74 Å². The molecule has 2 aliphatic carbocycles. The lowest BCUT2D eigenvalue weighted by atomic mass is 9.79. The van der Waals surface area contributed by atoms with E-state index < -0.39 is 5.60 Å². The molecule has 1 aliphatic heterocycles. The number of carbonyl (C=O) groups is 1. The third-order valence-electron chi connectivity index (χ3n) is 6.23. The van der Waals surface area contributed by atoms with Crippen molar-refractivity contribution in [1.82, 2.24) is 4.90 Å². The van der Waals surface area contributed by atoms with Gasteiger partial charge in [-0.1, -0.05) is 24.3 Å². The summed E-state index contributed by atoms with van der Waals surface area (Å²) in [5.74, 6) is 1.53. The normalized spacial score (nSPS) is 23.4. The summed E-state index contributed by atoms with van der Waals surface area (Å²) >= 11 is 0. The highest BCUT2D eigenvalue weighted by molar-refractivity contribution is 5.68. The van der Waals surface area contributed by atoms with E-state index in [2.05, 4.69) is 24.3 Å². The second-order valence-electron chi connectivity index (χ2n) is 9.26. The lowest BCUT2D eigenvalue weighted by Crippen LogP contribution is -2.41. The number of rotatable bonds is 3. The van der Waals surface area contributed by atoms with E-state index in [1.54, 1.807) is 11.1 Å². The van der Waals surface area contributed by atoms with Gasteiger partial charge in [-0.25, -0.2) is 4.79 Å². The van der Waals surface area contributed by atoms with Gasteiger partial charge in [0.2, 0.25) is 0 Å². The zero-order chi connectivity index (χ0) is 17.7. The fraction of sp³-hybridized carbons (Fsp3) is 0.682. The smallest absolute Gasteiger partial charge is 0.410 e. The molecule has 0 spiro atoms. The third kappa shape index (κ3) is 3.43. The van der Waals surface area contributed by atoms with E-state index in [1.165, 1.54) is 25.7 Å². The van der Waals surface area contributed by atoms with Gasteiger partial charge in [-0.3, -0.25) is 0 Å². The van der Waals surface area contributed by atoms with Crippen LogP contribution >= 0.6 is 0 Å². The Balaban J connectivity index is 1.44. The predicted octanol–water partition coefficient (Wildman–Crippen LogP) is 5.24. The summed E-state index contributed by atoms with van der Waals surface area (Å²) in [6.07, 6.45) is 7.55. The molecule has 4 rings (SSSR count). The van der Waals surface area contributed by atoms with Crippen molar-refractivity contribution < 1.29 is 9.53 Å². The summed E-state index contributed by atoms with van der Waals surface area (Å²) in [4.78, 5) is 14.2. The molecule has 0 atom stereocenters. The Kier molecular flexibility index (Phi) is 4.09. The molecule has 25 heavy (non-hydrogen) atoms. The number of nitrogens with zero attached hydrogens (tertiary/aromatic N) is 1. The van der Waals surface area contributed by atoms with Crippen LogP contribution in [0.2, 0.25) is 0 Å². The van der Waals surface area contributed by atoms with Gasteiger partial charge < -0.3 is 9.64 Å². The Labute approximate surface area is 151 Å². The van der Waals surface area contributed by atoms with Crippen LogP contribution in [-0.4, -0.2) is 29.7 Å². The molecule has 0 radical (unpaired) electrons. The molecule has 1 saturated heterocycles. The molecule has 3 nitrogen and oxygen atoms in total. The van der Waals surface area contributed by atoms with Gasteiger partial charge in [0.05, 0.1) is 0 Å². The first-order valence-corrected chi connectivity index (χ1v) is 9.96. The second-order valence-corrected chi connectivity index (χ2v) is 9.26. The summed E-state index contributed by atoms with van der Waals surface area (Å²) in [5, 5.41) is 0. The van der Waals surface area contributed by atoms with Gasteiger partial charge in [-0.2, -0.15) is 0 Å². The van der Waals surface area contributed by atoms with Crippen LogP contribution in [0, 0.1) is 5.92 Å². The molecule has 1 heterocycles. The zero-order valence-corrected chi connectivity index (χ0v) is 15.9. The maximum absolute atomic E-state index is 12.3. The highest BCUT2D eigenvalue weighted by Crippen LogP contribution is 2.63. The Hall–Kier alpha value is -1.51. The topological polar surface area (TPSA) is 29.5 Å². The number of likely N-dealkylation sites (tertiary alicyclic amines) is 1. The number of amides is 1. The maximum Gasteiger partial charge on any atom is 0.410 e. The van der Waals surface area contributed by atoms with Gasteiger partial charge in [0.1, 0.15) is 5.60 Å². The summed E-state index contributed by atoms with van der Waals surface area (Å²) in [6.45, 7) is 7.41. The van der Waals surface area contributed by atoms with Gasteiger partial charge in [0, 0.05) is 13.1 Å². The van der Waals surface area contributed by atoms with Gasteiger partial charge in [0.25, 0.3) is 0 Å². The standard InChI is InChI=1S/C22H31NO2/c1-21(2,3)25-20(24)23-14-10-16(11-15-23)18-6-4-5-7-19(18)22(12-13-22)17-8-9-17/h4-7,16-17H,8-15H2,1-3H3. The van der Waals surface area contributed by atoms with Gasteiger partial charge in [-0.15, -0.1) is 0 Å². The quantitative estimate of drug-likeness (QED) is 0.752. The molecule has 0 aromatic heterocycles. The van der Waals surface area contributed by atoms with Crippen molar-refractivity contribution in [3.63, 3.8) is 0 Å². The number of benzene rings is 1. The fourth-order valence-corrected chi connectivity index (χ4v) is 4.67. The minimum Gasteiger partial charge on any atom is -0.444 e. The van der Waals surface area contributed by atoms with E-state index in [1.807, 2.05) is 25.7 Å². The molecule has 3 heteroatoms. The van der Waals surface area contributed by atoms with Crippen LogP contribution in [0.4, 0.5) is 4.79 Å². The fourth-order valence-electron chi connectivity index (χ4n) is 4.67. The first-order valence-electron chi connectivity index (χ1n) is 9.96. The van der Waals surface area contributed by atoms with Gasteiger partial charge in [-0.05, 0) is 87.7 Å². The lowest BCUT2D eigenvalue weighted by molar-refractivity contribution is 0.0204. The van der Waals surface area contributed by atoms with Crippen LogP contribution in [0.1, 0.15) is 76.3 Å². The Morgan fingerprint density at radius 1 is 1.08 bits per heavy atom. The highest BCUT2D eigenvalue weighted by Gasteiger charge is 2.55. The SMILES string of the molecule is CC(C)(C)OC(=O)N1CCC(c2ccccc2C2(C3CC3)CC2)CC1. The van der Waals surface area contributed by atoms with E-state index in [0.717, 1.165) is 31.8 Å². The van der Waals surface area contributed by atoms with Crippen LogP contribution in [-0.2, 0) is 10.2 Å². The van der Waals surface area contributed by atoms with E-state index in [0.29, 0.717) is 11.3 Å². The first-order chi connectivity index (χ1) is 11.9. The molecule has 1 amide bonds. The van der Waals surface area contributed by atoms with Crippen LogP contribution in [0.3, 0.4) is 0 Å². The number of ether oxygens (including phenoxy) is 1. The van der Waals surface area contributed by atoms with Crippen molar-refractivity contribution in [3.05, 3.63) is 35.4 Å². The largest absolute Gasteiger partial charge is 0.444 e. The van der Waals surface area contributed by atoms with E-state index >= 15 is 0 Å². The van der Waals surface area contributed by atoms with Crippen molar-refractivity contribution in [2.24, 2.45) is 5.92 Å². The second kappa shape index (κ2) is 6.03. The van der Waals surface area contributed by atoms with Crippen molar-refractivity contribution in [2.45, 2.75) is 76.2 Å². The number of piperidine rings is 1. The van der Waals surface area contributed by atoms with Crippen molar-refractivity contribution in [3.8, 4) is 0 Å². The summed E-state index contributed by atoms with van der Waals surface area (Å²) in [7, 11) is 0. The number of carbonyl (C=O) groups excluding carboxylic acids is 1.